The Bertz CT molecular complexity index is 1790. The minimum Gasteiger partial charge on any atom is -0.465 e. The predicted molar refractivity (Wildman–Crippen MR) is 173 cm³/mol. The van der Waals surface area contributed by atoms with Crippen LogP contribution in [-0.2, 0) is 22.3 Å². The molecule has 2 aliphatic rings. The highest BCUT2D eigenvalue weighted by Gasteiger charge is 2.39. The molecule has 0 bridgehead atoms. The van der Waals surface area contributed by atoms with Crippen LogP contribution in [0.25, 0.3) is 11.0 Å². The van der Waals surface area contributed by atoms with Crippen molar-refractivity contribution in [1.29, 1.82) is 0 Å². The average molecular weight is 676 g/mol. The number of nitrogens with one attached hydrogen (secondary N) is 1. The second-order valence-electron chi connectivity index (χ2n) is 12.6. The van der Waals surface area contributed by atoms with Gasteiger partial charge < -0.3 is 15.3 Å². The van der Waals surface area contributed by atoms with Gasteiger partial charge in [0.1, 0.15) is 33.4 Å². The summed E-state index contributed by atoms with van der Waals surface area (Å²) < 4.78 is 72.7. The second-order valence-corrected chi connectivity index (χ2v) is 14.9. The molecule has 14 heteroatoms. The summed E-state index contributed by atoms with van der Waals surface area (Å²) in [5.74, 6) is -4.98. The number of likely N-dealkylation sites (tertiary alicyclic amines) is 1. The molecule has 1 atom stereocenters. The van der Waals surface area contributed by atoms with Crippen molar-refractivity contribution >= 4 is 32.8 Å². The maximum Gasteiger partial charge on any atom is 0.407 e. The van der Waals surface area contributed by atoms with Crippen molar-refractivity contribution in [2.24, 2.45) is 5.92 Å². The van der Waals surface area contributed by atoms with Gasteiger partial charge in [-0.1, -0.05) is 24.3 Å². The van der Waals surface area contributed by atoms with Crippen LogP contribution in [0.1, 0.15) is 80.5 Å². The van der Waals surface area contributed by atoms with Gasteiger partial charge in [-0.2, -0.15) is 0 Å². The van der Waals surface area contributed by atoms with Crippen molar-refractivity contribution in [1.82, 2.24) is 19.4 Å². The SMILES string of the molecule is C=CCCCn1c(=O)c(C2CCS(=O)(=O)CC2)cc2c(N[C@H](C)c3cccc(C(F)(F)CC4CCN(C(=O)O)CC4)c3F)ncnc21. The fourth-order valence-electron chi connectivity index (χ4n) is 6.66. The fraction of sp³-hybridized carbons (Fsp3) is 0.515. The van der Waals surface area contributed by atoms with E-state index in [1.807, 2.05) is 0 Å². The number of rotatable bonds is 11. The van der Waals surface area contributed by atoms with E-state index in [1.54, 1.807) is 23.6 Å². The highest BCUT2D eigenvalue weighted by molar-refractivity contribution is 7.91. The number of nitrogens with zero attached hydrogens (tertiary/aromatic N) is 4. The Labute approximate surface area is 271 Å². The van der Waals surface area contributed by atoms with Crippen LogP contribution < -0.4 is 10.9 Å². The van der Waals surface area contributed by atoms with E-state index in [0.717, 1.165) is 6.07 Å². The number of halogens is 3. The number of hydrogen-bond acceptors (Lipinski definition) is 7. The quantitative estimate of drug-likeness (QED) is 0.180. The lowest BCUT2D eigenvalue weighted by atomic mass is 9.87. The summed E-state index contributed by atoms with van der Waals surface area (Å²) in [7, 11) is -3.16. The number of aromatic nitrogens is 3. The van der Waals surface area contributed by atoms with E-state index in [4.69, 9.17) is 5.11 Å². The van der Waals surface area contributed by atoms with Crippen molar-refractivity contribution in [3.05, 3.63) is 76.1 Å². The average Bonchev–Trinajstić information content (AvgIpc) is 3.02. The number of alkyl halides is 2. The van der Waals surface area contributed by atoms with E-state index < -0.39 is 51.6 Å². The molecule has 2 N–H and O–H groups in total. The molecule has 0 unspecified atom stereocenters. The predicted octanol–water partition coefficient (Wildman–Crippen LogP) is 6.23. The van der Waals surface area contributed by atoms with E-state index >= 15 is 13.2 Å². The molecule has 1 amide bonds. The Morgan fingerprint density at radius 3 is 2.55 bits per heavy atom. The zero-order valence-corrected chi connectivity index (χ0v) is 27.1. The highest BCUT2D eigenvalue weighted by atomic mass is 32.2. The molecule has 2 fully saturated rings. The lowest BCUT2D eigenvalue weighted by Gasteiger charge is -2.32. The van der Waals surface area contributed by atoms with Crippen molar-refractivity contribution < 1.29 is 31.5 Å². The molecule has 1 aromatic carbocycles. The van der Waals surface area contributed by atoms with Gasteiger partial charge in [0.05, 0.1) is 28.5 Å². The van der Waals surface area contributed by atoms with Crippen molar-refractivity contribution in [3.8, 4) is 0 Å². The monoisotopic (exact) mass is 675 g/mol. The Morgan fingerprint density at radius 2 is 1.89 bits per heavy atom. The third kappa shape index (κ3) is 7.63. The summed E-state index contributed by atoms with van der Waals surface area (Å²) in [6.45, 7) is 6.04. The van der Waals surface area contributed by atoms with E-state index in [2.05, 4.69) is 21.9 Å². The normalized spacial score (nSPS) is 18.3. The van der Waals surface area contributed by atoms with Crippen LogP contribution in [0.15, 0.2) is 48.0 Å². The lowest BCUT2D eigenvalue weighted by molar-refractivity contribution is -0.0392. The summed E-state index contributed by atoms with van der Waals surface area (Å²) >= 11 is 0. The van der Waals surface area contributed by atoms with Gasteiger partial charge in [-0.25, -0.2) is 36.4 Å². The standard InChI is InChI=1S/C33H40F3N5O5S/c1-3-4-5-13-41-30-26(18-25(31(41)42)23-11-16-47(45,46)17-12-23)29(37-20-38-30)39-21(2)24-7-6-8-27(28(24)34)33(35,36)19-22-9-14-40(15-10-22)32(43)44/h3,6-8,18,20-23H,1,4-5,9-17,19H2,2H3,(H,43,44)(H,37,38,39)/t21-/m1/s1. The van der Waals surface area contributed by atoms with Crippen LogP contribution in [-0.4, -0.2) is 63.6 Å². The first-order valence-corrected chi connectivity index (χ1v) is 17.7. The summed E-state index contributed by atoms with van der Waals surface area (Å²) in [6.07, 6.45) is 3.83. The molecule has 3 aromatic rings. The lowest BCUT2D eigenvalue weighted by Crippen LogP contribution is -2.38. The Hall–Kier alpha value is -3.94. The van der Waals surface area contributed by atoms with Gasteiger partial charge in [0.15, 0.2) is 0 Å². The number of sulfone groups is 1. The molecule has 0 radical (unpaired) electrons. The Balaban J connectivity index is 1.44. The topological polar surface area (TPSA) is 134 Å². The Kier molecular flexibility index (Phi) is 10.3. The molecule has 5 rings (SSSR count). The molecule has 254 valence electrons. The van der Waals surface area contributed by atoms with Crippen LogP contribution in [0.4, 0.5) is 23.8 Å². The first kappa shape index (κ1) is 34.4. The van der Waals surface area contributed by atoms with E-state index in [9.17, 15) is 18.0 Å². The number of piperidine rings is 1. The second kappa shape index (κ2) is 14.0. The fourth-order valence-corrected chi connectivity index (χ4v) is 8.16. The minimum absolute atomic E-state index is 0.00616. The zero-order chi connectivity index (χ0) is 33.9. The molecular weight excluding hydrogens is 635 g/mol. The largest absolute Gasteiger partial charge is 0.465 e. The first-order chi connectivity index (χ1) is 22.3. The number of benzene rings is 1. The molecule has 10 nitrogen and oxygen atoms in total. The highest BCUT2D eigenvalue weighted by Crippen LogP contribution is 2.41. The zero-order valence-electron chi connectivity index (χ0n) is 26.3. The molecular formula is C33H40F3N5O5S. The molecule has 4 heterocycles. The van der Waals surface area contributed by atoms with E-state index in [-0.39, 0.29) is 60.3 Å². The number of pyridine rings is 1. The summed E-state index contributed by atoms with van der Waals surface area (Å²) in [6, 6.07) is 4.76. The number of unbranched alkanes of at least 4 members (excludes halogenated alkanes) is 1. The van der Waals surface area contributed by atoms with Crippen molar-refractivity contribution in [2.75, 3.05) is 29.9 Å². The molecule has 2 aromatic heterocycles. The molecule has 47 heavy (non-hydrogen) atoms. The number of carboxylic acid groups (broad SMARTS) is 1. The summed E-state index contributed by atoms with van der Waals surface area (Å²) in [4.78, 5) is 34.9. The van der Waals surface area contributed by atoms with E-state index in [0.29, 0.717) is 48.8 Å². The van der Waals surface area contributed by atoms with Gasteiger partial charge in [0, 0.05) is 37.2 Å². The van der Waals surface area contributed by atoms with Gasteiger partial charge >= 0.3 is 6.09 Å². The number of aryl methyl sites for hydroxylation is 1. The van der Waals surface area contributed by atoms with Crippen LogP contribution in [0.5, 0.6) is 0 Å². The molecule has 0 saturated carbocycles. The third-order valence-corrected chi connectivity index (χ3v) is 11.1. The summed E-state index contributed by atoms with van der Waals surface area (Å²) in [5.41, 5.74) is -0.156. The van der Waals surface area contributed by atoms with Crippen molar-refractivity contribution in [2.45, 2.75) is 76.3 Å². The number of carbonyl (C=O) groups is 1. The van der Waals surface area contributed by atoms with Gasteiger partial charge in [-0.05, 0) is 63.4 Å². The maximum atomic E-state index is 15.9. The smallest absolute Gasteiger partial charge is 0.407 e. The van der Waals surface area contributed by atoms with Gasteiger partial charge in [-0.15, -0.1) is 6.58 Å². The van der Waals surface area contributed by atoms with Crippen LogP contribution in [0.2, 0.25) is 0 Å². The van der Waals surface area contributed by atoms with Gasteiger partial charge in [0.2, 0.25) is 0 Å². The minimum atomic E-state index is -3.47. The molecule has 2 aliphatic heterocycles. The van der Waals surface area contributed by atoms with Gasteiger partial charge in [0.25, 0.3) is 11.5 Å². The molecule has 0 spiro atoms. The molecule has 0 aliphatic carbocycles. The number of anilines is 1. The first-order valence-electron chi connectivity index (χ1n) is 15.9. The number of fused-ring (bicyclic) bond motifs is 1. The van der Waals surface area contributed by atoms with Crippen molar-refractivity contribution in [3.63, 3.8) is 0 Å². The van der Waals surface area contributed by atoms with E-state index in [1.165, 1.54) is 23.4 Å². The number of allylic oxidation sites excluding steroid dienone is 1. The third-order valence-electron chi connectivity index (χ3n) is 9.37. The summed E-state index contributed by atoms with van der Waals surface area (Å²) in [5, 5.41) is 12.8. The maximum absolute atomic E-state index is 15.9. The number of hydrogen-bond donors (Lipinski definition) is 2. The van der Waals surface area contributed by atoms with Crippen LogP contribution >= 0.6 is 0 Å². The number of amides is 1. The van der Waals surface area contributed by atoms with Crippen LogP contribution in [0, 0.1) is 11.7 Å². The van der Waals surface area contributed by atoms with Gasteiger partial charge in [-0.3, -0.25) is 9.36 Å². The van der Waals surface area contributed by atoms with Crippen LogP contribution in [0.3, 0.4) is 0 Å². The molecule has 2 saturated heterocycles. The Morgan fingerprint density at radius 1 is 1.19 bits per heavy atom.